The summed E-state index contributed by atoms with van der Waals surface area (Å²) in [5.41, 5.74) is 0.998. The van der Waals surface area contributed by atoms with E-state index in [1.165, 1.54) is 18.5 Å². The van der Waals surface area contributed by atoms with Crippen LogP contribution in [0.1, 0.15) is 24.4 Å². The number of hydrogen-bond donors (Lipinski definition) is 2. The van der Waals surface area contributed by atoms with Crippen LogP contribution in [-0.4, -0.2) is 15.2 Å². The molecule has 2 N–H and O–H groups in total. The maximum atomic E-state index is 12.9. The first kappa shape index (κ1) is 12.2. The Morgan fingerprint density at radius 1 is 1.53 bits per heavy atom. The third-order valence-corrected chi connectivity index (χ3v) is 3.20. The summed E-state index contributed by atoms with van der Waals surface area (Å²) in [6, 6.07) is 4.71. The first-order valence-electron chi connectivity index (χ1n) is 5.19. The predicted octanol–water partition coefficient (Wildman–Crippen LogP) is 2.56. The molecule has 4 nitrogen and oxygen atoms in total. The lowest BCUT2D eigenvalue weighted by Crippen LogP contribution is -2.19. The standard InChI is InChI=1S/C11H12BrFN4/c1-7(11-15-6-16-17-11)14-5-8-2-3-9(13)4-10(8)12/h2-4,6-7,14H,5H2,1H3,(H,15,16,17). The van der Waals surface area contributed by atoms with Gasteiger partial charge in [-0.1, -0.05) is 22.0 Å². The van der Waals surface area contributed by atoms with Crippen LogP contribution in [0.25, 0.3) is 0 Å². The fourth-order valence-electron chi connectivity index (χ4n) is 1.45. The summed E-state index contributed by atoms with van der Waals surface area (Å²) in [4.78, 5) is 4.06. The minimum Gasteiger partial charge on any atom is -0.303 e. The van der Waals surface area contributed by atoms with Gasteiger partial charge >= 0.3 is 0 Å². The van der Waals surface area contributed by atoms with Gasteiger partial charge in [0.2, 0.25) is 0 Å². The highest BCUT2D eigenvalue weighted by Gasteiger charge is 2.08. The number of benzene rings is 1. The zero-order valence-corrected chi connectivity index (χ0v) is 10.8. The molecule has 1 aromatic carbocycles. The molecule has 0 saturated carbocycles. The number of H-pyrrole nitrogens is 1. The van der Waals surface area contributed by atoms with Gasteiger partial charge in [0.1, 0.15) is 18.0 Å². The molecule has 0 bridgehead atoms. The number of nitrogens with one attached hydrogen (secondary N) is 2. The topological polar surface area (TPSA) is 53.6 Å². The van der Waals surface area contributed by atoms with Crippen LogP contribution in [-0.2, 0) is 6.54 Å². The summed E-state index contributed by atoms with van der Waals surface area (Å²) in [5, 5.41) is 9.87. The van der Waals surface area contributed by atoms with Crippen LogP contribution < -0.4 is 5.32 Å². The maximum Gasteiger partial charge on any atom is 0.141 e. The van der Waals surface area contributed by atoms with Crippen LogP contribution in [0.3, 0.4) is 0 Å². The third-order valence-electron chi connectivity index (χ3n) is 2.46. The van der Waals surface area contributed by atoms with Gasteiger partial charge < -0.3 is 5.32 Å². The van der Waals surface area contributed by atoms with E-state index in [9.17, 15) is 4.39 Å². The maximum absolute atomic E-state index is 12.9. The molecule has 2 rings (SSSR count). The van der Waals surface area contributed by atoms with Crippen molar-refractivity contribution in [2.24, 2.45) is 0 Å². The minimum atomic E-state index is -0.246. The van der Waals surface area contributed by atoms with Crippen LogP contribution >= 0.6 is 15.9 Å². The first-order valence-corrected chi connectivity index (χ1v) is 5.98. The second-order valence-electron chi connectivity index (χ2n) is 3.71. The number of aromatic nitrogens is 3. The van der Waals surface area contributed by atoms with E-state index in [0.29, 0.717) is 6.54 Å². The Labute approximate surface area is 107 Å². The van der Waals surface area contributed by atoms with Gasteiger partial charge in [-0.25, -0.2) is 9.37 Å². The van der Waals surface area contributed by atoms with Gasteiger partial charge in [-0.2, -0.15) is 5.10 Å². The van der Waals surface area contributed by atoms with Gasteiger partial charge in [-0.15, -0.1) is 0 Å². The Bertz CT molecular complexity index is 486. The minimum absolute atomic E-state index is 0.0643. The number of nitrogens with zero attached hydrogens (tertiary/aromatic N) is 2. The fourth-order valence-corrected chi connectivity index (χ4v) is 1.94. The molecule has 0 aliphatic carbocycles. The number of rotatable bonds is 4. The van der Waals surface area contributed by atoms with Crippen molar-refractivity contribution in [2.45, 2.75) is 19.5 Å². The monoisotopic (exact) mass is 298 g/mol. The summed E-state index contributed by atoms with van der Waals surface area (Å²) in [5.74, 6) is 0.534. The summed E-state index contributed by atoms with van der Waals surface area (Å²) in [6.07, 6.45) is 1.47. The molecule has 17 heavy (non-hydrogen) atoms. The predicted molar refractivity (Wildman–Crippen MR) is 65.7 cm³/mol. The van der Waals surface area contributed by atoms with E-state index >= 15 is 0 Å². The van der Waals surface area contributed by atoms with E-state index in [0.717, 1.165) is 15.9 Å². The van der Waals surface area contributed by atoms with E-state index in [4.69, 9.17) is 0 Å². The zero-order valence-electron chi connectivity index (χ0n) is 9.24. The molecule has 0 spiro atoms. The molecule has 6 heteroatoms. The van der Waals surface area contributed by atoms with Crippen molar-refractivity contribution < 1.29 is 4.39 Å². The molecule has 0 aliphatic heterocycles. The molecule has 0 aliphatic rings. The molecule has 1 heterocycles. The second kappa shape index (κ2) is 5.37. The van der Waals surface area contributed by atoms with E-state index in [-0.39, 0.29) is 11.9 Å². The summed E-state index contributed by atoms with van der Waals surface area (Å²) < 4.78 is 13.7. The van der Waals surface area contributed by atoms with Crippen molar-refractivity contribution in [1.29, 1.82) is 0 Å². The van der Waals surface area contributed by atoms with Crippen molar-refractivity contribution in [3.05, 3.63) is 46.2 Å². The summed E-state index contributed by atoms with van der Waals surface area (Å²) in [7, 11) is 0. The van der Waals surface area contributed by atoms with Gasteiger partial charge in [0.05, 0.1) is 6.04 Å². The number of halogens is 2. The highest BCUT2D eigenvalue weighted by Crippen LogP contribution is 2.18. The first-order chi connectivity index (χ1) is 8.16. The van der Waals surface area contributed by atoms with Crippen LogP contribution in [0.4, 0.5) is 4.39 Å². The van der Waals surface area contributed by atoms with Crippen LogP contribution in [0, 0.1) is 5.82 Å². The Hall–Kier alpha value is -1.27. The van der Waals surface area contributed by atoms with Crippen molar-refractivity contribution in [1.82, 2.24) is 20.5 Å². The summed E-state index contributed by atoms with van der Waals surface area (Å²) in [6.45, 7) is 2.61. The van der Waals surface area contributed by atoms with Crippen LogP contribution in [0.5, 0.6) is 0 Å². The van der Waals surface area contributed by atoms with Gasteiger partial charge in [0.25, 0.3) is 0 Å². The van der Waals surface area contributed by atoms with Gasteiger partial charge in [0, 0.05) is 11.0 Å². The van der Waals surface area contributed by atoms with Crippen LogP contribution in [0.2, 0.25) is 0 Å². The van der Waals surface area contributed by atoms with E-state index in [1.54, 1.807) is 6.07 Å². The molecule has 1 unspecified atom stereocenters. The Kier molecular flexibility index (Phi) is 3.86. The van der Waals surface area contributed by atoms with Crippen molar-refractivity contribution in [3.63, 3.8) is 0 Å². The largest absolute Gasteiger partial charge is 0.303 e. The van der Waals surface area contributed by atoms with Crippen molar-refractivity contribution >= 4 is 15.9 Å². The average Bonchev–Trinajstić information content (AvgIpc) is 2.81. The highest BCUT2D eigenvalue weighted by molar-refractivity contribution is 9.10. The molecular weight excluding hydrogens is 287 g/mol. The Morgan fingerprint density at radius 3 is 3.00 bits per heavy atom. The van der Waals surface area contributed by atoms with Gasteiger partial charge in [-0.3, -0.25) is 5.10 Å². The average molecular weight is 299 g/mol. The highest BCUT2D eigenvalue weighted by atomic mass is 79.9. The molecule has 2 aromatic rings. The molecule has 0 fully saturated rings. The molecule has 90 valence electrons. The molecule has 0 amide bonds. The quantitative estimate of drug-likeness (QED) is 0.912. The lowest BCUT2D eigenvalue weighted by molar-refractivity contribution is 0.546. The smallest absolute Gasteiger partial charge is 0.141 e. The molecule has 1 aromatic heterocycles. The molecule has 0 radical (unpaired) electrons. The third kappa shape index (κ3) is 3.10. The van der Waals surface area contributed by atoms with Crippen LogP contribution in [0.15, 0.2) is 29.0 Å². The van der Waals surface area contributed by atoms with Gasteiger partial charge in [-0.05, 0) is 24.6 Å². The van der Waals surface area contributed by atoms with Crippen molar-refractivity contribution in [3.8, 4) is 0 Å². The van der Waals surface area contributed by atoms with E-state index in [1.807, 2.05) is 6.92 Å². The van der Waals surface area contributed by atoms with Crippen molar-refractivity contribution in [2.75, 3.05) is 0 Å². The molecular formula is C11H12BrFN4. The Balaban J connectivity index is 1.98. The fraction of sp³-hybridized carbons (Fsp3) is 0.273. The molecule has 0 saturated heterocycles. The molecule has 1 atom stereocenters. The lowest BCUT2D eigenvalue weighted by atomic mass is 10.2. The number of aromatic amines is 1. The summed E-state index contributed by atoms with van der Waals surface area (Å²) >= 11 is 3.33. The normalized spacial score (nSPS) is 12.6. The SMILES string of the molecule is CC(NCc1ccc(F)cc1Br)c1ncn[nH]1. The zero-order chi connectivity index (χ0) is 12.3. The van der Waals surface area contributed by atoms with Gasteiger partial charge in [0.15, 0.2) is 0 Å². The van der Waals surface area contributed by atoms with E-state index < -0.39 is 0 Å². The lowest BCUT2D eigenvalue weighted by Gasteiger charge is -2.11. The Morgan fingerprint density at radius 2 is 2.35 bits per heavy atom. The second-order valence-corrected chi connectivity index (χ2v) is 4.56. The number of hydrogen-bond acceptors (Lipinski definition) is 3. The van der Waals surface area contributed by atoms with E-state index in [2.05, 4.69) is 36.4 Å².